The second-order valence-electron chi connectivity index (χ2n) is 2.73. The van der Waals surface area contributed by atoms with E-state index in [1.807, 2.05) is 0 Å². The molecule has 0 aliphatic heterocycles. The van der Waals surface area contributed by atoms with Crippen molar-refractivity contribution in [3.63, 3.8) is 0 Å². The summed E-state index contributed by atoms with van der Waals surface area (Å²) in [5.74, 6) is 0. The minimum absolute atomic E-state index is 0. The molecule has 0 fully saturated rings. The van der Waals surface area contributed by atoms with Crippen LogP contribution in [-0.2, 0) is 0 Å². The van der Waals surface area contributed by atoms with Crippen LogP contribution in [0.2, 0.25) is 0 Å². The Hall–Kier alpha value is 0.759. The van der Waals surface area contributed by atoms with E-state index in [-0.39, 0.29) is 169 Å². The molecule has 44 nitrogen and oxygen atoms in total. The quantitative estimate of drug-likeness (QED) is 0.100. The molecule has 0 amide bonds. The molecule has 0 unspecified atom stereocenters. The first-order valence-corrected chi connectivity index (χ1v) is 6.15. The average molecular weight is 899 g/mol. The maximum Gasteiger partial charge on any atom is 1.00 e. The van der Waals surface area contributed by atoms with Crippen LogP contribution < -0.4 is 69.2 Å². The first kappa shape index (κ1) is 258. The van der Waals surface area contributed by atoms with Gasteiger partial charge in [0.25, 0.3) is 0 Å². The van der Waals surface area contributed by atoms with Crippen molar-refractivity contribution in [2.24, 2.45) is 0 Å². The second-order valence-corrected chi connectivity index (χ2v) is 2.73. The molecule has 0 heterocycles. The first-order chi connectivity index (χ1) is 13.9. The van der Waals surface area contributed by atoms with Gasteiger partial charge in [0, 0.05) is 0 Å². The molecule has 0 rings (SSSR count). The maximum absolute atomic E-state index is 8.53. The third-order valence-corrected chi connectivity index (χ3v) is 0. The molecule has 0 aliphatic rings. The van der Waals surface area contributed by atoms with Crippen molar-refractivity contribution in [1.82, 2.24) is 0 Å². The molecule has 0 aromatic heterocycles. The molecule has 0 aromatic carbocycles. The van der Waals surface area contributed by atoms with E-state index in [1.165, 1.54) is 0 Å². The zero-order valence-electron chi connectivity index (χ0n) is 27.3. The Morgan fingerprint density at radius 1 is 0.167 bits per heavy atom. The Kier molecular flexibility index (Phi) is 1170. The summed E-state index contributed by atoms with van der Waals surface area (Å²) in [6.45, 7) is 0. The van der Waals surface area contributed by atoms with Gasteiger partial charge in [0.15, 0.2) is 0 Å². The topological polar surface area (TPSA) is 1120 Å². The summed E-state index contributed by atoms with van der Waals surface area (Å²) in [7, 11) is -17.8. The number of hydrogen-bond donors (Lipinski definition) is 22. The summed E-state index contributed by atoms with van der Waals surface area (Å²) in [5.41, 5.74) is 0. The molecule has 0 aliphatic carbocycles. The Balaban J connectivity index is -0.00000000411. The normalized spacial score (nSPS) is 4.00. The zero-order chi connectivity index (χ0) is 28.6. The molecule has 0 atom stereocenters. The molecule has 54 heteroatoms. The molecule has 0 saturated heterocycles. The predicted octanol–water partition coefficient (Wildman–Crippen LogP) is -40.2. The van der Waals surface area contributed by atoms with E-state index in [4.69, 9.17) is 121 Å². The van der Waals surface area contributed by atoms with Crippen LogP contribution in [0.15, 0.2) is 0 Å². The van der Waals surface area contributed by atoms with Gasteiger partial charge in [-0.1, -0.05) is 0 Å². The van der Waals surface area contributed by atoms with Gasteiger partial charge in [0.2, 0.25) is 0 Å². The maximum atomic E-state index is 8.53. The summed E-state index contributed by atoms with van der Waals surface area (Å²) in [6, 6.07) is 0. The van der Waals surface area contributed by atoms with Crippen molar-refractivity contribution in [3.8, 4) is 0 Å². The van der Waals surface area contributed by atoms with E-state index in [2.05, 4.69) is 0 Å². The van der Waals surface area contributed by atoms with Gasteiger partial charge in [-0.15, -0.1) is 0 Å². The standard InChI is InChI=1S/7BH3O3.BHO3.2Na.20H2O/c8*2-1(3)4;;;;;;;;;;;;;;;;;;;;;;/h7*2-4H;2H;;;20*1H2/q;;;;;;;-2;2*+1;;;;;;;;;;;;;;;;;;;;. The van der Waals surface area contributed by atoms with Crippen LogP contribution in [0.3, 0.4) is 0 Å². The molecular weight excluding hydrogens is 836 g/mol. The van der Waals surface area contributed by atoms with Crippen LogP contribution in [0.25, 0.3) is 0 Å². The van der Waals surface area contributed by atoms with E-state index >= 15 is 0 Å². The minimum atomic E-state index is -2.67. The van der Waals surface area contributed by atoms with E-state index in [9.17, 15) is 0 Å². The van der Waals surface area contributed by atoms with Crippen molar-refractivity contribution >= 4 is 58.6 Å². The molecule has 352 valence electrons. The first-order valence-electron chi connectivity index (χ1n) is 6.15. The number of rotatable bonds is 0. The summed E-state index contributed by atoms with van der Waals surface area (Å²) < 4.78 is 0. The molecule has 0 saturated carbocycles. The van der Waals surface area contributed by atoms with E-state index in [0.29, 0.717) is 0 Å². The van der Waals surface area contributed by atoms with Crippen molar-refractivity contribution in [1.29, 1.82) is 0 Å². The Morgan fingerprint density at radius 2 is 0.167 bits per heavy atom. The van der Waals surface area contributed by atoms with Crippen molar-refractivity contribution in [2.45, 2.75) is 0 Å². The number of hydrogen-bond acceptors (Lipinski definition) is 24. The fraction of sp³-hybridized carbons (Fsp3) is 0. The van der Waals surface area contributed by atoms with E-state index < -0.39 is 58.6 Å². The van der Waals surface area contributed by atoms with Crippen LogP contribution in [0, 0.1) is 0 Å². The van der Waals surface area contributed by atoms with Crippen molar-refractivity contribution < 1.29 is 289 Å². The van der Waals surface area contributed by atoms with Crippen LogP contribution >= 0.6 is 0 Å². The molecule has 62 N–H and O–H groups in total. The largest absolute Gasteiger partial charge is 1.00 e. The third kappa shape index (κ3) is 245000. The Bertz CT molecular complexity index is 155. The van der Waals surface area contributed by atoms with E-state index in [1.54, 1.807) is 0 Å². The molecule has 0 aromatic rings. The van der Waals surface area contributed by atoms with Gasteiger partial charge in [-0.3, -0.25) is 0 Å². The summed E-state index contributed by atoms with van der Waals surface area (Å²) in [6.07, 6.45) is 0. The third-order valence-electron chi connectivity index (χ3n) is 0. The summed E-state index contributed by atoms with van der Waals surface area (Å²) >= 11 is 0. The van der Waals surface area contributed by atoms with Gasteiger partial charge in [-0.2, -0.15) is 0 Å². The zero-order valence-corrected chi connectivity index (χ0v) is 31.3. The minimum Gasteiger partial charge on any atom is -0.871 e. The fourth-order valence-corrected chi connectivity index (χ4v) is 0. The molecule has 54 heavy (non-hydrogen) atoms. The van der Waals surface area contributed by atoms with E-state index in [0.717, 1.165) is 0 Å². The summed E-state index contributed by atoms with van der Waals surface area (Å²) in [4.78, 5) is 0. The molecular formula is H62B8Na2O44. The van der Waals surface area contributed by atoms with Gasteiger partial charge in [0.05, 0.1) is 7.32 Å². The molecule has 0 radical (unpaired) electrons. The Morgan fingerprint density at radius 3 is 0.167 bits per heavy atom. The van der Waals surface area contributed by atoms with Crippen LogP contribution in [0.4, 0.5) is 0 Å². The van der Waals surface area contributed by atoms with Crippen molar-refractivity contribution in [2.75, 3.05) is 0 Å². The second kappa shape index (κ2) is 244. The monoisotopic (exact) mass is 900 g/mol. The average Bonchev–Trinajstić information content (AvgIpc) is 2.30. The smallest absolute Gasteiger partial charge is 0.871 e. The fourth-order valence-electron chi connectivity index (χ4n) is 0. The van der Waals surface area contributed by atoms with Gasteiger partial charge in [-0.25, -0.2) is 0 Å². The predicted molar refractivity (Wildman–Crippen MR) is 167 cm³/mol. The molecule has 0 bridgehead atoms. The van der Waals surface area contributed by atoms with Gasteiger partial charge >= 0.3 is 110 Å². The van der Waals surface area contributed by atoms with Crippen LogP contribution in [0.1, 0.15) is 0 Å². The van der Waals surface area contributed by atoms with Crippen molar-refractivity contribution in [3.05, 3.63) is 0 Å². The van der Waals surface area contributed by atoms with Crippen LogP contribution in [0.5, 0.6) is 0 Å². The van der Waals surface area contributed by atoms with Gasteiger partial charge < -0.3 is 230 Å². The van der Waals surface area contributed by atoms with Crippen LogP contribution in [-0.4, -0.2) is 279 Å². The van der Waals surface area contributed by atoms with Gasteiger partial charge in [-0.05, 0) is 0 Å². The summed E-state index contributed by atoms with van der Waals surface area (Å²) in [5, 5.41) is 174. The van der Waals surface area contributed by atoms with Gasteiger partial charge in [0.1, 0.15) is 0 Å². The SMILES string of the molecule is O.O.O.O.O.O.O.O.O.O.O.O.O.O.O.O.O.O.O.O.OB(O)O.OB(O)O.OB(O)O.OB(O)O.OB(O)O.OB(O)O.OB(O)O.[Na+].[Na+].[O-]B([O-])O. The molecule has 0 spiro atoms. The Labute approximate surface area is 346 Å².